The number of thioether (sulfide) groups is 1. The molecule has 0 unspecified atom stereocenters. The fourth-order valence-corrected chi connectivity index (χ4v) is 3.92. The number of hydrogen-bond donors (Lipinski definition) is 1. The minimum Gasteiger partial charge on any atom is -0.271 e. The zero-order valence-corrected chi connectivity index (χ0v) is 16.4. The van der Waals surface area contributed by atoms with E-state index in [-0.39, 0.29) is 0 Å². The van der Waals surface area contributed by atoms with Crippen molar-refractivity contribution in [3.05, 3.63) is 60.2 Å². The van der Waals surface area contributed by atoms with Gasteiger partial charge in [0.05, 0.1) is 18.2 Å². The number of carbonyl (C=O) groups excluding carboxylic acids is 1. The van der Waals surface area contributed by atoms with Crippen LogP contribution in [0.25, 0.3) is 0 Å². The van der Waals surface area contributed by atoms with Crippen LogP contribution < -0.4 is 9.73 Å². The number of amides is 1. The number of anilines is 1. The lowest BCUT2D eigenvalue weighted by molar-refractivity contribution is -0.121. The quantitative estimate of drug-likeness (QED) is 0.447. The highest BCUT2D eigenvalue weighted by atomic mass is 32.2. The second-order valence-electron chi connectivity index (χ2n) is 5.58. The maximum atomic E-state index is 12.4. The van der Waals surface area contributed by atoms with Crippen molar-refractivity contribution in [3.63, 3.8) is 0 Å². The van der Waals surface area contributed by atoms with Crippen LogP contribution in [0, 0.1) is 0 Å². The van der Waals surface area contributed by atoms with E-state index in [9.17, 15) is 13.2 Å². The van der Waals surface area contributed by atoms with Crippen LogP contribution in [-0.4, -0.2) is 39.1 Å². The number of nitrogens with zero attached hydrogens (tertiary/aromatic N) is 2. The second kappa shape index (κ2) is 8.86. The molecule has 6 nitrogen and oxygen atoms in total. The van der Waals surface area contributed by atoms with Crippen LogP contribution in [0.5, 0.6) is 0 Å². The van der Waals surface area contributed by atoms with Crippen molar-refractivity contribution in [1.29, 1.82) is 0 Å². The lowest BCUT2D eigenvalue weighted by Crippen LogP contribution is -2.46. The van der Waals surface area contributed by atoms with Crippen LogP contribution in [0.1, 0.15) is 12.5 Å². The molecule has 0 aliphatic heterocycles. The van der Waals surface area contributed by atoms with Crippen molar-refractivity contribution in [2.45, 2.75) is 17.9 Å². The van der Waals surface area contributed by atoms with Gasteiger partial charge < -0.3 is 0 Å². The molecule has 0 bridgehead atoms. The molecule has 2 rings (SSSR count). The number of rotatable bonds is 7. The van der Waals surface area contributed by atoms with Gasteiger partial charge in [0.1, 0.15) is 6.04 Å². The zero-order chi connectivity index (χ0) is 19.2. The summed E-state index contributed by atoms with van der Waals surface area (Å²) in [5.41, 5.74) is 3.66. The maximum Gasteiger partial charge on any atom is 0.263 e. The van der Waals surface area contributed by atoms with Gasteiger partial charge in [0.25, 0.3) is 5.91 Å². The van der Waals surface area contributed by atoms with Crippen molar-refractivity contribution in [1.82, 2.24) is 5.43 Å². The summed E-state index contributed by atoms with van der Waals surface area (Å²) < 4.78 is 25.4. The third-order valence-corrected chi connectivity index (χ3v) is 5.59. The largest absolute Gasteiger partial charge is 0.271 e. The van der Waals surface area contributed by atoms with E-state index in [1.807, 2.05) is 30.5 Å². The van der Waals surface area contributed by atoms with E-state index in [1.165, 1.54) is 13.1 Å². The van der Waals surface area contributed by atoms with Gasteiger partial charge in [0, 0.05) is 4.90 Å². The van der Waals surface area contributed by atoms with Crippen LogP contribution in [0.3, 0.4) is 0 Å². The Bertz CT molecular complexity index is 866. The molecule has 8 heteroatoms. The molecule has 2 aromatic rings. The predicted octanol–water partition coefficient (Wildman–Crippen LogP) is 2.71. The number of sulfonamides is 1. The highest BCUT2D eigenvalue weighted by molar-refractivity contribution is 7.98. The summed E-state index contributed by atoms with van der Waals surface area (Å²) in [6.07, 6.45) is 4.58. The van der Waals surface area contributed by atoms with Gasteiger partial charge in [0.2, 0.25) is 10.0 Å². The smallest absolute Gasteiger partial charge is 0.263 e. The summed E-state index contributed by atoms with van der Waals surface area (Å²) >= 11 is 1.64. The summed E-state index contributed by atoms with van der Waals surface area (Å²) in [5.74, 6) is -0.517. The normalized spacial score (nSPS) is 12.7. The SMILES string of the molecule is CSc1ccc(/C=N\NC(=O)[C@@H](C)N(c2ccccc2)S(C)(=O)=O)cc1. The molecule has 2 aromatic carbocycles. The molecule has 0 heterocycles. The Labute approximate surface area is 158 Å². The molecule has 1 amide bonds. The van der Waals surface area contributed by atoms with Crippen LogP contribution in [-0.2, 0) is 14.8 Å². The summed E-state index contributed by atoms with van der Waals surface area (Å²) in [6, 6.07) is 15.2. The van der Waals surface area contributed by atoms with E-state index >= 15 is 0 Å². The highest BCUT2D eigenvalue weighted by Crippen LogP contribution is 2.20. The molecule has 26 heavy (non-hydrogen) atoms. The monoisotopic (exact) mass is 391 g/mol. The summed E-state index contributed by atoms with van der Waals surface area (Å²) in [4.78, 5) is 13.5. The average molecular weight is 392 g/mol. The maximum absolute atomic E-state index is 12.4. The lowest BCUT2D eigenvalue weighted by atomic mass is 10.2. The number of hydrazone groups is 1. The van der Waals surface area contributed by atoms with E-state index in [0.717, 1.165) is 21.0 Å². The Hall–Kier alpha value is -2.32. The first-order valence-electron chi connectivity index (χ1n) is 7.84. The number of nitrogens with one attached hydrogen (secondary N) is 1. The zero-order valence-electron chi connectivity index (χ0n) is 14.8. The van der Waals surface area contributed by atoms with Crippen molar-refractivity contribution >= 4 is 39.6 Å². The standard InChI is InChI=1S/C18H21N3O3S2/c1-14(21(26(3,23)24)16-7-5-4-6-8-16)18(22)20-19-13-15-9-11-17(25-2)12-10-15/h4-14H,1-3H3,(H,20,22)/b19-13-/t14-/m1/s1. The van der Waals surface area contributed by atoms with Gasteiger partial charge in [0.15, 0.2) is 0 Å². The number of hydrogen-bond acceptors (Lipinski definition) is 5. The van der Waals surface area contributed by atoms with Gasteiger partial charge in [-0.15, -0.1) is 11.8 Å². The van der Waals surface area contributed by atoms with Crippen molar-refractivity contribution in [2.75, 3.05) is 16.8 Å². The molecule has 0 radical (unpaired) electrons. The summed E-state index contributed by atoms with van der Waals surface area (Å²) in [5, 5.41) is 3.92. The molecule has 1 N–H and O–H groups in total. The van der Waals surface area contributed by atoms with Crippen LogP contribution in [0.15, 0.2) is 64.6 Å². The predicted molar refractivity (Wildman–Crippen MR) is 107 cm³/mol. The fourth-order valence-electron chi connectivity index (χ4n) is 2.34. The molecule has 0 fully saturated rings. The van der Waals surface area contributed by atoms with E-state index in [0.29, 0.717) is 5.69 Å². The molecule has 0 aliphatic carbocycles. The third kappa shape index (κ3) is 5.34. The number of benzene rings is 2. The number of para-hydroxylation sites is 1. The highest BCUT2D eigenvalue weighted by Gasteiger charge is 2.28. The van der Waals surface area contributed by atoms with E-state index in [1.54, 1.807) is 42.1 Å². The Kier molecular flexibility index (Phi) is 6.82. The number of carbonyl (C=O) groups is 1. The lowest BCUT2D eigenvalue weighted by Gasteiger charge is -2.27. The van der Waals surface area contributed by atoms with Gasteiger partial charge in [-0.1, -0.05) is 30.3 Å². The first kappa shape index (κ1) is 20.0. The molecule has 0 saturated carbocycles. The van der Waals surface area contributed by atoms with Crippen LogP contribution >= 0.6 is 11.8 Å². The van der Waals surface area contributed by atoms with Crippen LogP contribution in [0.2, 0.25) is 0 Å². The molecule has 0 saturated heterocycles. The topological polar surface area (TPSA) is 78.8 Å². The van der Waals surface area contributed by atoms with Crippen molar-refractivity contribution in [2.24, 2.45) is 5.10 Å². The summed E-state index contributed by atoms with van der Waals surface area (Å²) in [6.45, 7) is 1.52. The Balaban J connectivity index is 2.10. The molecular formula is C18H21N3O3S2. The minimum atomic E-state index is -3.63. The Morgan fingerprint density at radius 3 is 2.31 bits per heavy atom. The van der Waals surface area contributed by atoms with Gasteiger partial charge in [-0.25, -0.2) is 13.8 Å². The van der Waals surface area contributed by atoms with Crippen molar-refractivity contribution in [3.8, 4) is 0 Å². The van der Waals surface area contributed by atoms with Gasteiger partial charge in [-0.05, 0) is 43.0 Å². The fraction of sp³-hybridized carbons (Fsp3) is 0.222. The third-order valence-electron chi connectivity index (χ3n) is 3.60. The van der Waals surface area contributed by atoms with Gasteiger partial charge >= 0.3 is 0 Å². The van der Waals surface area contributed by atoms with E-state index < -0.39 is 22.0 Å². The molecule has 0 spiro atoms. The van der Waals surface area contributed by atoms with Gasteiger partial charge in [-0.3, -0.25) is 9.10 Å². The van der Waals surface area contributed by atoms with E-state index in [4.69, 9.17) is 0 Å². The van der Waals surface area contributed by atoms with Crippen molar-refractivity contribution < 1.29 is 13.2 Å². The Morgan fingerprint density at radius 2 is 1.77 bits per heavy atom. The van der Waals surface area contributed by atoms with Gasteiger partial charge in [-0.2, -0.15) is 5.10 Å². The molecular weight excluding hydrogens is 370 g/mol. The first-order valence-corrected chi connectivity index (χ1v) is 10.9. The molecule has 0 aromatic heterocycles. The summed E-state index contributed by atoms with van der Waals surface area (Å²) in [7, 11) is -3.63. The van der Waals surface area contributed by atoms with E-state index in [2.05, 4.69) is 10.5 Å². The minimum absolute atomic E-state index is 0.425. The molecule has 0 aliphatic rings. The Morgan fingerprint density at radius 1 is 1.15 bits per heavy atom. The second-order valence-corrected chi connectivity index (χ2v) is 8.32. The molecule has 138 valence electrons. The average Bonchev–Trinajstić information content (AvgIpc) is 2.62. The first-order chi connectivity index (χ1) is 12.3. The molecule has 1 atom stereocenters. The van der Waals surface area contributed by atoms with Crippen LogP contribution in [0.4, 0.5) is 5.69 Å².